The number of H-pyrrole nitrogens is 1. The highest BCUT2D eigenvalue weighted by Crippen LogP contribution is 2.22. The van der Waals surface area contributed by atoms with E-state index in [4.69, 9.17) is 0 Å². The number of hydrogen-bond acceptors (Lipinski definition) is 1. The lowest BCUT2D eigenvalue weighted by Gasteiger charge is -2.19. The molecule has 3 heteroatoms. The molecule has 4 aromatic rings. The Bertz CT molecular complexity index is 1010. The van der Waals surface area contributed by atoms with Crippen molar-refractivity contribution in [1.29, 1.82) is 0 Å². The summed E-state index contributed by atoms with van der Waals surface area (Å²) in [5.41, 5.74) is 3.94. The average Bonchev–Trinajstić information content (AvgIpc) is 3.13. The third-order valence-corrected chi connectivity index (χ3v) is 4.62. The van der Waals surface area contributed by atoms with Crippen LogP contribution in [0.25, 0.3) is 10.9 Å². The van der Waals surface area contributed by atoms with Crippen molar-refractivity contribution < 1.29 is 4.79 Å². The van der Waals surface area contributed by atoms with E-state index in [9.17, 15) is 4.79 Å². The molecule has 0 aliphatic carbocycles. The Hall–Kier alpha value is -3.33. The molecule has 1 aromatic heterocycles. The van der Waals surface area contributed by atoms with Gasteiger partial charge in [-0.05, 0) is 23.6 Å². The number of benzene rings is 3. The first-order chi connectivity index (χ1) is 12.8. The summed E-state index contributed by atoms with van der Waals surface area (Å²) >= 11 is 0. The molecule has 0 radical (unpaired) electrons. The number of carbonyl (C=O) groups is 1. The summed E-state index contributed by atoms with van der Waals surface area (Å²) in [7, 11) is 0. The van der Waals surface area contributed by atoms with Crippen LogP contribution in [0.1, 0.15) is 27.5 Å². The number of rotatable bonds is 5. The van der Waals surface area contributed by atoms with E-state index in [1.54, 1.807) is 6.20 Å². The van der Waals surface area contributed by atoms with Gasteiger partial charge in [-0.2, -0.15) is 0 Å². The summed E-state index contributed by atoms with van der Waals surface area (Å²) in [4.78, 5) is 16.1. The van der Waals surface area contributed by atoms with Crippen LogP contribution < -0.4 is 5.32 Å². The molecule has 3 nitrogen and oxygen atoms in total. The van der Waals surface area contributed by atoms with Crippen molar-refractivity contribution in [2.24, 2.45) is 0 Å². The fraction of sp³-hybridized carbons (Fsp3) is 0.0870. The topological polar surface area (TPSA) is 44.9 Å². The van der Waals surface area contributed by atoms with Gasteiger partial charge in [-0.25, -0.2) is 0 Å². The van der Waals surface area contributed by atoms with Crippen molar-refractivity contribution in [3.8, 4) is 0 Å². The van der Waals surface area contributed by atoms with E-state index in [1.807, 2.05) is 60.7 Å². The SMILES string of the molecule is O=C(N[C@H](Cc1ccccc1)c1ccccc1)c1c[nH]c2ccccc12. The van der Waals surface area contributed by atoms with E-state index < -0.39 is 0 Å². The molecule has 0 fully saturated rings. The third kappa shape index (κ3) is 3.38. The Labute approximate surface area is 152 Å². The van der Waals surface area contributed by atoms with Gasteiger partial charge in [-0.15, -0.1) is 0 Å². The number of nitrogens with one attached hydrogen (secondary N) is 2. The first-order valence-electron chi connectivity index (χ1n) is 8.77. The normalized spacial score (nSPS) is 12.0. The Morgan fingerprint density at radius 3 is 2.27 bits per heavy atom. The number of carbonyl (C=O) groups excluding carboxylic acids is 1. The maximum Gasteiger partial charge on any atom is 0.253 e. The zero-order valence-electron chi connectivity index (χ0n) is 14.4. The molecule has 3 aromatic carbocycles. The minimum Gasteiger partial charge on any atom is -0.360 e. The summed E-state index contributed by atoms with van der Waals surface area (Å²) in [5.74, 6) is -0.0627. The molecule has 2 N–H and O–H groups in total. The molecule has 4 rings (SSSR count). The van der Waals surface area contributed by atoms with Crippen molar-refractivity contribution in [1.82, 2.24) is 10.3 Å². The second-order valence-electron chi connectivity index (χ2n) is 6.37. The molecular weight excluding hydrogens is 320 g/mol. The predicted molar refractivity (Wildman–Crippen MR) is 105 cm³/mol. The van der Waals surface area contributed by atoms with E-state index in [-0.39, 0.29) is 11.9 Å². The molecule has 1 heterocycles. The van der Waals surface area contributed by atoms with E-state index in [0.717, 1.165) is 22.9 Å². The summed E-state index contributed by atoms with van der Waals surface area (Å²) < 4.78 is 0. The van der Waals surface area contributed by atoms with Gasteiger partial charge in [-0.3, -0.25) is 4.79 Å². The summed E-state index contributed by atoms with van der Waals surface area (Å²) in [6.07, 6.45) is 2.53. The standard InChI is InChI=1S/C23H20N2O/c26-23(20-16-24-21-14-8-7-13-19(20)21)25-22(18-11-5-2-6-12-18)15-17-9-3-1-4-10-17/h1-14,16,22,24H,15H2,(H,25,26)/t22-/m1/s1. The van der Waals surface area contributed by atoms with Gasteiger partial charge in [0.05, 0.1) is 11.6 Å². The highest BCUT2D eigenvalue weighted by Gasteiger charge is 2.18. The molecule has 1 atom stereocenters. The molecular formula is C23H20N2O. The van der Waals surface area contributed by atoms with Crippen LogP contribution in [0.3, 0.4) is 0 Å². The fourth-order valence-corrected chi connectivity index (χ4v) is 3.28. The molecule has 1 amide bonds. The Morgan fingerprint density at radius 1 is 0.846 bits per heavy atom. The van der Waals surface area contributed by atoms with Gasteiger partial charge in [-0.1, -0.05) is 78.9 Å². The van der Waals surface area contributed by atoms with Crippen LogP contribution in [0.5, 0.6) is 0 Å². The molecule has 128 valence electrons. The lowest BCUT2D eigenvalue weighted by molar-refractivity contribution is 0.0938. The van der Waals surface area contributed by atoms with E-state index >= 15 is 0 Å². The summed E-state index contributed by atoms with van der Waals surface area (Å²) in [6.45, 7) is 0. The summed E-state index contributed by atoms with van der Waals surface area (Å²) in [6, 6.07) is 28.1. The number of amides is 1. The maximum atomic E-state index is 13.0. The van der Waals surface area contributed by atoms with Crippen LogP contribution in [0.2, 0.25) is 0 Å². The Kier molecular flexibility index (Phi) is 4.52. The monoisotopic (exact) mass is 340 g/mol. The third-order valence-electron chi connectivity index (χ3n) is 4.62. The smallest absolute Gasteiger partial charge is 0.253 e. The van der Waals surface area contributed by atoms with E-state index in [2.05, 4.69) is 34.6 Å². The van der Waals surface area contributed by atoms with Gasteiger partial charge in [0, 0.05) is 17.1 Å². The zero-order valence-corrected chi connectivity index (χ0v) is 14.4. The minimum absolute atomic E-state index is 0.0627. The first kappa shape index (κ1) is 16.2. The fourth-order valence-electron chi connectivity index (χ4n) is 3.28. The number of aromatic nitrogens is 1. The minimum atomic E-state index is -0.0836. The van der Waals surface area contributed by atoms with Gasteiger partial charge in [0.2, 0.25) is 0 Å². The second-order valence-corrected chi connectivity index (χ2v) is 6.37. The van der Waals surface area contributed by atoms with Crippen LogP contribution in [0.15, 0.2) is 91.1 Å². The highest BCUT2D eigenvalue weighted by atomic mass is 16.1. The Balaban J connectivity index is 1.63. The molecule has 0 unspecified atom stereocenters. The number of fused-ring (bicyclic) bond motifs is 1. The first-order valence-corrected chi connectivity index (χ1v) is 8.77. The van der Waals surface area contributed by atoms with E-state index in [0.29, 0.717) is 5.56 Å². The molecule has 0 saturated carbocycles. The van der Waals surface area contributed by atoms with Crippen LogP contribution in [-0.4, -0.2) is 10.9 Å². The zero-order chi connectivity index (χ0) is 17.8. The highest BCUT2D eigenvalue weighted by molar-refractivity contribution is 6.06. The number of hydrogen-bond donors (Lipinski definition) is 2. The Morgan fingerprint density at radius 2 is 1.50 bits per heavy atom. The van der Waals surface area contributed by atoms with Crippen molar-refractivity contribution in [3.05, 3.63) is 108 Å². The molecule has 0 aliphatic rings. The summed E-state index contributed by atoms with van der Waals surface area (Å²) in [5, 5.41) is 4.16. The number of para-hydroxylation sites is 1. The van der Waals surface area contributed by atoms with Crippen molar-refractivity contribution in [2.75, 3.05) is 0 Å². The second kappa shape index (κ2) is 7.28. The largest absolute Gasteiger partial charge is 0.360 e. The van der Waals surface area contributed by atoms with Crippen molar-refractivity contribution in [3.63, 3.8) is 0 Å². The van der Waals surface area contributed by atoms with Gasteiger partial charge in [0.15, 0.2) is 0 Å². The molecule has 0 bridgehead atoms. The average molecular weight is 340 g/mol. The van der Waals surface area contributed by atoms with Crippen molar-refractivity contribution in [2.45, 2.75) is 12.5 Å². The van der Waals surface area contributed by atoms with Crippen LogP contribution >= 0.6 is 0 Å². The molecule has 26 heavy (non-hydrogen) atoms. The lowest BCUT2D eigenvalue weighted by Crippen LogP contribution is -2.29. The molecule has 0 saturated heterocycles. The van der Waals surface area contributed by atoms with E-state index in [1.165, 1.54) is 5.56 Å². The number of aromatic amines is 1. The predicted octanol–water partition coefficient (Wildman–Crippen LogP) is 4.88. The van der Waals surface area contributed by atoms with Gasteiger partial charge < -0.3 is 10.3 Å². The van der Waals surface area contributed by atoms with Gasteiger partial charge in [0.25, 0.3) is 5.91 Å². The van der Waals surface area contributed by atoms with Crippen LogP contribution in [-0.2, 0) is 6.42 Å². The van der Waals surface area contributed by atoms with Crippen molar-refractivity contribution >= 4 is 16.8 Å². The maximum absolute atomic E-state index is 13.0. The quantitative estimate of drug-likeness (QED) is 0.534. The van der Waals surface area contributed by atoms with Gasteiger partial charge >= 0.3 is 0 Å². The molecule has 0 spiro atoms. The molecule has 0 aliphatic heterocycles. The lowest BCUT2D eigenvalue weighted by atomic mass is 9.98. The van der Waals surface area contributed by atoms with Gasteiger partial charge in [0.1, 0.15) is 0 Å². The van der Waals surface area contributed by atoms with Crippen LogP contribution in [0.4, 0.5) is 0 Å². The van der Waals surface area contributed by atoms with Crippen LogP contribution in [0, 0.1) is 0 Å².